The maximum Gasteiger partial charge on any atom is 0.232 e. The number of para-hydroxylation sites is 1. The number of aromatic nitrogens is 6. The van der Waals surface area contributed by atoms with E-state index in [-0.39, 0.29) is 5.95 Å². The molecule has 3 N–H and O–H groups in total. The van der Waals surface area contributed by atoms with Gasteiger partial charge in [-0.25, -0.2) is 0 Å². The molecule has 10 heteroatoms. The Morgan fingerprint density at radius 3 is 2.72 bits per heavy atom. The lowest BCUT2D eigenvalue weighted by Crippen LogP contribution is -2.07. The van der Waals surface area contributed by atoms with Crippen LogP contribution < -0.4 is 11.1 Å². The minimum Gasteiger partial charge on any atom is -0.368 e. The molecular formula is C19H20N8S2. The number of anilines is 3. The van der Waals surface area contributed by atoms with E-state index in [0.29, 0.717) is 17.5 Å². The molecule has 0 atom stereocenters. The van der Waals surface area contributed by atoms with Crippen LogP contribution in [-0.4, -0.2) is 29.7 Å². The molecule has 8 nitrogen and oxygen atoms in total. The second-order valence-electron chi connectivity index (χ2n) is 6.19. The van der Waals surface area contributed by atoms with Gasteiger partial charge in [-0.1, -0.05) is 36.0 Å². The standard InChI is InChI=1S/C19H20N8S2/c1-3-27-16(14-9-6-10-28-14)25-26-19(27)29-11-15-22-17(20)24-18(23-15)21-13-8-5-4-7-12(13)2/h4-10H,3,11H2,1-2H3,(H3,20,21,22,23,24). The molecule has 0 radical (unpaired) electrons. The molecule has 3 heterocycles. The summed E-state index contributed by atoms with van der Waals surface area (Å²) in [5, 5.41) is 14.8. The van der Waals surface area contributed by atoms with Crippen molar-refractivity contribution in [2.24, 2.45) is 0 Å². The number of rotatable bonds is 7. The number of benzene rings is 1. The van der Waals surface area contributed by atoms with Crippen LogP contribution in [0.5, 0.6) is 0 Å². The topological polar surface area (TPSA) is 107 Å². The highest BCUT2D eigenvalue weighted by atomic mass is 32.2. The summed E-state index contributed by atoms with van der Waals surface area (Å²) in [5.41, 5.74) is 7.93. The Balaban J connectivity index is 1.52. The van der Waals surface area contributed by atoms with E-state index in [1.165, 1.54) is 11.8 Å². The summed E-state index contributed by atoms with van der Waals surface area (Å²) in [7, 11) is 0. The van der Waals surface area contributed by atoms with Gasteiger partial charge in [-0.05, 0) is 36.9 Å². The number of nitrogens with one attached hydrogen (secondary N) is 1. The van der Waals surface area contributed by atoms with Crippen molar-refractivity contribution in [2.45, 2.75) is 31.3 Å². The van der Waals surface area contributed by atoms with E-state index in [9.17, 15) is 0 Å². The highest BCUT2D eigenvalue weighted by molar-refractivity contribution is 7.98. The number of hydrogen-bond acceptors (Lipinski definition) is 9. The summed E-state index contributed by atoms with van der Waals surface area (Å²) in [5.74, 6) is 2.59. The molecule has 3 aromatic heterocycles. The third-order valence-electron chi connectivity index (χ3n) is 4.20. The Labute approximate surface area is 176 Å². The summed E-state index contributed by atoms with van der Waals surface area (Å²) in [6, 6.07) is 12.0. The average molecular weight is 425 g/mol. The number of nitrogens with two attached hydrogens (primary N) is 1. The third-order valence-corrected chi connectivity index (χ3v) is 6.02. The van der Waals surface area contributed by atoms with Crippen molar-refractivity contribution in [3.8, 4) is 10.7 Å². The Hall–Kier alpha value is -2.98. The van der Waals surface area contributed by atoms with Crippen molar-refractivity contribution in [2.75, 3.05) is 11.1 Å². The van der Waals surface area contributed by atoms with Crippen LogP contribution in [0, 0.1) is 6.92 Å². The predicted molar refractivity (Wildman–Crippen MR) is 117 cm³/mol. The van der Waals surface area contributed by atoms with Gasteiger partial charge in [-0.2, -0.15) is 15.0 Å². The van der Waals surface area contributed by atoms with Crippen LogP contribution in [0.3, 0.4) is 0 Å². The highest BCUT2D eigenvalue weighted by Crippen LogP contribution is 2.28. The van der Waals surface area contributed by atoms with E-state index < -0.39 is 0 Å². The van der Waals surface area contributed by atoms with Gasteiger partial charge >= 0.3 is 0 Å². The van der Waals surface area contributed by atoms with Gasteiger partial charge in [0.15, 0.2) is 11.0 Å². The summed E-state index contributed by atoms with van der Waals surface area (Å²) in [6.07, 6.45) is 0. The first-order valence-electron chi connectivity index (χ1n) is 9.07. The first-order valence-corrected chi connectivity index (χ1v) is 10.9. The Kier molecular flexibility index (Phi) is 5.72. The van der Waals surface area contributed by atoms with E-state index >= 15 is 0 Å². The van der Waals surface area contributed by atoms with Crippen molar-refractivity contribution >= 4 is 40.7 Å². The lowest BCUT2D eigenvalue weighted by atomic mass is 10.2. The Bertz CT molecular complexity index is 1110. The van der Waals surface area contributed by atoms with E-state index in [4.69, 9.17) is 5.73 Å². The first kappa shape index (κ1) is 19.3. The van der Waals surface area contributed by atoms with Crippen molar-refractivity contribution in [3.63, 3.8) is 0 Å². The van der Waals surface area contributed by atoms with Gasteiger partial charge in [0.25, 0.3) is 0 Å². The van der Waals surface area contributed by atoms with E-state index in [2.05, 4.69) is 42.0 Å². The largest absolute Gasteiger partial charge is 0.368 e. The lowest BCUT2D eigenvalue weighted by molar-refractivity contribution is 0.687. The molecule has 0 saturated carbocycles. The number of nitrogen functional groups attached to an aromatic ring is 1. The SMILES string of the molecule is CCn1c(SCc2nc(N)nc(Nc3ccccc3C)n2)nnc1-c1cccs1. The normalized spacial score (nSPS) is 11.0. The molecule has 0 unspecified atom stereocenters. The molecule has 0 fully saturated rings. The summed E-state index contributed by atoms with van der Waals surface area (Å²) in [6.45, 7) is 4.88. The fraction of sp³-hybridized carbons (Fsp3) is 0.211. The third kappa shape index (κ3) is 4.38. The van der Waals surface area contributed by atoms with Gasteiger partial charge in [-0.15, -0.1) is 21.5 Å². The summed E-state index contributed by atoms with van der Waals surface area (Å²) < 4.78 is 2.09. The van der Waals surface area contributed by atoms with Crippen molar-refractivity contribution in [1.82, 2.24) is 29.7 Å². The van der Waals surface area contributed by atoms with Gasteiger partial charge in [0.1, 0.15) is 5.82 Å². The van der Waals surface area contributed by atoms with Gasteiger partial charge in [0.05, 0.1) is 10.6 Å². The predicted octanol–water partition coefficient (Wildman–Crippen LogP) is 4.14. The number of hydrogen-bond donors (Lipinski definition) is 2. The van der Waals surface area contributed by atoms with Crippen LogP contribution in [-0.2, 0) is 12.3 Å². The molecule has 0 saturated heterocycles. The van der Waals surface area contributed by atoms with Crippen molar-refractivity contribution in [3.05, 3.63) is 53.2 Å². The van der Waals surface area contributed by atoms with Crippen LogP contribution >= 0.6 is 23.1 Å². The molecule has 0 aliphatic carbocycles. The number of thioether (sulfide) groups is 1. The van der Waals surface area contributed by atoms with Crippen LogP contribution in [0.15, 0.2) is 46.9 Å². The van der Waals surface area contributed by atoms with Crippen LogP contribution in [0.1, 0.15) is 18.3 Å². The molecule has 0 aliphatic rings. The van der Waals surface area contributed by atoms with Crippen molar-refractivity contribution < 1.29 is 0 Å². The van der Waals surface area contributed by atoms with Crippen LogP contribution in [0.2, 0.25) is 0 Å². The van der Waals surface area contributed by atoms with Gasteiger partial charge in [-0.3, -0.25) is 0 Å². The Morgan fingerprint density at radius 2 is 1.97 bits per heavy atom. The van der Waals surface area contributed by atoms with Crippen molar-refractivity contribution in [1.29, 1.82) is 0 Å². The maximum atomic E-state index is 5.90. The molecule has 0 spiro atoms. The molecule has 0 amide bonds. The molecule has 148 valence electrons. The Morgan fingerprint density at radius 1 is 1.10 bits per heavy atom. The van der Waals surface area contributed by atoms with Gasteiger partial charge < -0.3 is 15.6 Å². The monoisotopic (exact) mass is 424 g/mol. The zero-order valence-electron chi connectivity index (χ0n) is 16.0. The van der Waals surface area contributed by atoms with E-state index in [1.807, 2.05) is 48.7 Å². The lowest BCUT2D eigenvalue weighted by Gasteiger charge is -2.09. The average Bonchev–Trinajstić information content (AvgIpc) is 3.37. The minimum absolute atomic E-state index is 0.183. The number of aryl methyl sites for hydroxylation is 1. The quantitative estimate of drug-likeness (QED) is 0.426. The second-order valence-corrected chi connectivity index (χ2v) is 8.08. The fourth-order valence-corrected chi connectivity index (χ4v) is 4.36. The summed E-state index contributed by atoms with van der Waals surface area (Å²) >= 11 is 3.18. The first-order chi connectivity index (χ1) is 14.1. The number of nitrogens with zero attached hydrogens (tertiary/aromatic N) is 6. The van der Waals surface area contributed by atoms with E-state index in [0.717, 1.165) is 33.7 Å². The smallest absolute Gasteiger partial charge is 0.232 e. The van der Waals surface area contributed by atoms with Crippen LogP contribution in [0.4, 0.5) is 17.6 Å². The van der Waals surface area contributed by atoms with Gasteiger partial charge in [0.2, 0.25) is 11.9 Å². The summed E-state index contributed by atoms with van der Waals surface area (Å²) in [4.78, 5) is 14.1. The zero-order valence-corrected chi connectivity index (χ0v) is 17.7. The molecular weight excluding hydrogens is 404 g/mol. The number of thiophene rings is 1. The fourth-order valence-electron chi connectivity index (χ4n) is 2.79. The molecule has 0 bridgehead atoms. The highest BCUT2D eigenvalue weighted by Gasteiger charge is 2.15. The van der Waals surface area contributed by atoms with Gasteiger partial charge in [0, 0.05) is 12.2 Å². The minimum atomic E-state index is 0.183. The molecule has 4 aromatic rings. The van der Waals surface area contributed by atoms with E-state index in [1.54, 1.807) is 11.3 Å². The maximum absolute atomic E-state index is 5.90. The molecule has 1 aromatic carbocycles. The second kappa shape index (κ2) is 8.58. The molecule has 29 heavy (non-hydrogen) atoms. The molecule has 0 aliphatic heterocycles. The zero-order chi connectivity index (χ0) is 20.2. The van der Waals surface area contributed by atoms with Crippen LogP contribution in [0.25, 0.3) is 10.7 Å². The molecule has 4 rings (SSSR count).